The standard InChI is InChI=1S/C22H22N4OS/c1-15-14-26-21(20(24-22(26)28-15)16-8-5-6-12-23-16)18-10-7-13-25(18)17-9-3-4-11-19(17)27-2/h3-13,15,20-21H,14H2,1-2H3/t15-,20-,21-/m1/s1. The summed E-state index contributed by atoms with van der Waals surface area (Å²) in [5, 5.41) is 1.67. The van der Waals surface area contributed by atoms with Crippen molar-refractivity contribution in [3.63, 3.8) is 0 Å². The molecule has 3 aromatic rings. The number of aromatic nitrogens is 2. The third-order valence-corrected chi connectivity index (χ3v) is 6.41. The fraction of sp³-hybridized carbons (Fsp3) is 0.273. The van der Waals surface area contributed by atoms with Crippen LogP contribution in [-0.4, -0.2) is 38.5 Å². The largest absolute Gasteiger partial charge is 0.495 e. The van der Waals surface area contributed by atoms with Gasteiger partial charge in [-0.1, -0.05) is 36.9 Å². The molecule has 4 heterocycles. The first-order valence-electron chi connectivity index (χ1n) is 9.49. The average molecular weight is 391 g/mol. The second-order valence-electron chi connectivity index (χ2n) is 7.11. The zero-order valence-electron chi connectivity index (χ0n) is 15.9. The smallest absolute Gasteiger partial charge is 0.160 e. The average Bonchev–Trinajstić information content (AvgIpc) is 3.42. The van der Waals surface area contributed by atoms with Gasteiger partial charge in [-0.15, -0.1) is 0 Å². The minimum absolute atomic E-state index is 0.0143. The summed E-state index contributed by atoms with van der Waals surface area (Å²) >= 11 is 1.86. The number of ether oxygens (including phenoxy) is 1. The molecule has 6 heteroatoms. The van der Waals surface area contributed by atoms with Crippen molar-refractivity contribution in [1.29, 1.82) is 0 Å². The van der Waals surface area contributed by atoms with E-state index in [4.69, 9.17) is 9.73 Å². The second-order valence-corrected chi connectivity index (χ2v) is 8.52. The fourth-order valence-corrected chi connectivity index (χ4v) is 5.21. The molecule has 5 rings (SSSR count). The van der Waals surface area contributed by atoms with Gasteiger partial charge in [-0.05, 0) is 36.4 Å². The van der Waals surface area contributed by atoms with Gasteiger partial charge >= 0.3 is 0 Å². The molecule has 2 aliphatic heterocycles. The first kappa shape index (κ1) is 17.4. The van der Waals surface area contributed by atoms with E-state index < -0.39 is 0 Å². The predicted octanol–water partition coefficient (Wildman–Crippen LogP) is 4.47. The Labute approximate surface area is 169 Å². The van der Waals surface area contributed by atoms with E-state index in [2.05, 4.69) is 51.8 Å². The van der Waals surface area contributed by atoms with Gasteiger partial charge in [0.05, 0.1) is 24.5 Å². The molecule has 2 aromatic heterocycles. The lowest BCUT2D eigenvalue weighted by Gasteiger charge is -2.28. The van der Waals surface area contributed by atoms with Crippen LogP contribution in [0, 0.1) is 0 Å². The number of para-hydroxylation sites is 2. The van der Waals surface area contributed by atoms with Crippen LogP contribution in [0.3, 0.4) is 0 Å². The monoisotopic (exact) mass is 390 g/mol. The number of fused-ring (bicyclic) bond motifs is 1. The van der Waals surface area contributed by atoms with E-state index in [1.54, 1.807) is 7.11 Å². The van der Waals surface area contributed by atoms with Gasteiger partial charge in [0.1, 0.15) is 11.8 Å². The van der Waals surface area contributed by atoms with E-state index in [0.717, 1.165) is 28.8 Å². The minimum atomic E-state index is -0.0143. The first-order chi connectivity index (χ1) is 13.8. The second kappa shape index (κ2) is 7.02. The number of amidine groups is 1. The van der Waals surface area contributed by atoms with Gasteiger partial charge in [-0.3, -0.25) is 9.98 Å². The van der Waals surface area contributed by atoms with E-state index in [1.807, 2.05) is 48.3 Å². The van der Waals surface area contributed by atoms with Gasteiger partial charge in [0.2, 0.25) is 0 Å². The summed E-state index contributed by atoms with van der Waals surface area (Å²) in [6.45, 7) is 3.26. The normalized spacial score (nSPS) is 23.6. The van der Waals surface area contributed by atoms with E-state index in [-0.39, 0.29) is 12.1 Å². The number of hydrogen-bond donors (Lipinski definition) is 0. The third-order valence-electron chi connectivity index (χ3n) is 5.31. The van der Waals surface area contributed by atoms with Crippen molar-refractivity contribution < 1.29 is 4.74 Å². The van der Waals surface area contributed by atoms with Crippen molar-refractivity contribution >= 4 is 16.9 Å². The molecule has 0 aliphatic carbocycles. The van der Waals surface area contributed by atoms with Crippen LogP contribution in [0.25, 0.3) is 5.69 Å². The Kier molecular flexibility index (Phi) is 4.36. The number of pyridine rings is 1. The number of nitrogens with zero attached hydrogens (tertiary/aromatic N) is 4. The molecule has 0 N–H and O–H groups in total. The zero-order chi connectivity index (χ0) is 19.1. The van der Waals surface area contributed by atoms with E-state index >= 15 is 0 Å². The lowest BCUT2D eigenvalue weighted by atomic mass is 10.0. The molecular formula is C22H22N4OS. The molecule has 0 spiro atoms. The molecule has 0 saturated carbocycles. The van der Waals surface area contributed by atoms with Crippen LogP contribution < -0.4 is 4.74 Å². The van der Waals surface area contributed by atoms with Gasteiger partial charge in [0.25, 0.3) is 0 Å². The highest BCUT2D eigenvalue weighted by molar-refractivity contribution is 8.14. The van der Waals surface area contributed by atoms with Crippen LogP contribution in [0.2, 0.25) is 0 Å². The summed E-state index contributed by atoms with van der Waals surface area (Å²) < 4.78 is 7.85. The van der Waals surface area contributed by atoms with Crippen molar-refractivity contribution in [2.45, 2.75) is 24.3 Å². The number of methoxy groups -OCH3 is 1. The van der Waals surface area contributed by atoms with E-state index in [0.29, 0.717) is 5.25 Å². The fourth-order valence-electron chi connectivity index (χ4n) is 4.12. The summed E-state index contributed by atoms with van der Waals surface area (Å²) in [4.78, 5) is 12.2. The number of benzene rings is 1. The quantitative estimate of drug-likeness (QED) is 0.659. The zero-order valence-corrected chi connectivity index (χ0v) is 16.7. The number of hydrogen-bond acceptors (Lipinski definition) is 5. The topological polar surface area (TPSA) is 42.6 Å². The highest BCUT2D eigenvalue weighted by atomic mass is 32.2. The van der Waals surface area contributed by atoms with E-state index in [1.165, 1.54) is 5.69 Å². The van der Waals surface area contributed by atoms with Gasteiger partial charge in [-0.25, -0.2) is 0 Å². The van der Waals surface area contributed by atoms with Crippen molar-refractivity contribution in [2.24, 2.45) is 4.99 Å². The van der Waals surface area contributed by atoms with E-state index in [9.17, 15) is 0 Å². The number of rotatable bonds is 4. The van der Waals surface area contributed by atoms with Crippen LogP contribution in [0.1, 0.15) is 30.4 Å². The Morgan fingerprint density at radius 2 is 1.93 bits per heavy atom. The van der Waals surface area contributed by atoms with Crippen LogP contribution in [0.4, 0.5) is 0 Å². The van der Waals surface area contributed by atoms with Crippen molar-refractivity contribution in [1.82, 2.24) is 14.5 Å². The maximum absolute atomic E-state index is 5.62. The maximum atomic E-state index is 5.62. The molecule has 3 atom stereocenters. The molecule has 2 aliphatic rings. The summed E-state index contributed by atoms with van der Waals surface area (Å²) in [6, 6.07) is 18.6. The Hall–Kier alpha value is -2.73. The number of thioether (sulfide) groups is 1. The summed E-state index contributed by atoms with van der Waals surface area (Å²) in [5.41, 5.74) is 3.25. The predicted molar refractivity (Wildman–Crippen MR) is 113 cm³/mol. The van der Waals surface area contributed by atoms with Gasteiger partial charge in [0, 0.05) is 29.9 Å². The van der Waals surface area contributed by atoms with Crippen LogP contribution in [0.5, 0.6) is 5.75 Å². The van der Waals surface area contributed by atoms with Crippen LogP contribution in [-0.2, 0) is 0 Å². The molecule has 0 bridgehead atoms. The molecule has 0 radical (unpaired) electrons. The Morgan fingerprint density at radius 3 is 2.75 bits per heavy atom. The van der Waals surface area contributed by atoms with Gasteiger partial charge < -0.3 is 14.2 Å². The highest BCUT2D eigenvalue weighted by Gasteiger charge is 2.44. The van der Waals surface area contributed by atoms with Crippen LogP contribution >= 0.6 is 11.8 Å². The molecule has 142 valence electrons. The summed E-state index contributed by atoms with van der Waals surface area (Å²) in [5.74, 6) is 0.859. The Balaban J connectivity index is 1.63. The van der Waals surface area contributed by atoms with Crippen molar-refractivity contribution in [3.8, 4) is 11.4 Å². The van der Waals surface area contributed by atoms with Crippen LogP contribution in [0.15, 0.2) is 72.0 Å². The molecule has 1 saturated heterocycles. The molecule has 0 unspecified atom stereocenters. The molecule has 28 heavy (non-hydrogen) atoms. The molecule has 1 aromatic carbocycles. The molecule has 1 fully saturated rings. The summed E-state index contributed by atoms with van der Waals surface area (Å²) in [7, 11) is 1.72. The Morgan fingerprint density at radius 1 is 1.07 bits per heavy atom. The first-order valence-corrected chi connectivity index (χ1v) is 10.4. The molecular weight excluding hydrogens is 368 g/mol. The molecule has 5 nitrogen and oxygen atoms in total. The Bertz CT molecular complexity index is 1020. The summed E-state index contributed by atoms with van der Waals surface area (Å²) in [6.07, 6.45) is 3.96. The van der Waals surface area contributed by atoms with Gasteiger partial charge in [0.15, 0.2) is 5.17 Å². The van der Waals surface area contributed by atoms with Gasteiger partial charge in [-0.2, -0.15) is 0 Å². The maximum Gasteiger partial charge on any atom is 0.160 e. The van der Waals surface area contributed by atoms with Crippen molar-refractivity contribution in [2.75, 3.05) is 13.7 Å². The third kappa shape index (κ3) is 2.79. The lowest BCUT2D eigenvalue weighted by Crippen LogP contribution is -2.30. The lowest BCUT2D eigenvalue weighted by molar-refractivity contribution is 0.311. The minimum Gasteiger partial charge on any atom is -0.495 e. The highest BCUT2D eigenvalue weighted by Crippen LogP contribution is 2.48. The van der Waals surface area contributed by atoms with Crippen molar-refractivity contribution in [3.05, 3.63) is 78.4 Å². The SMILES string of the molecule is COc1ccccc1-n1cccc1[C@@H]1[C@@H](c2ccccn2)N=C2S[C@H](C)CN21. The number of aliphatic imine (C=N–C) groups is 1. The molecule has 0 amide bonds.